The molecule has 0 aromatic heterocycles. The second-order valence-corrected chi connectivity index (χ2v) is 12.7. The van der Waals surface area contributed by atoms with Crippen LogP contribution in [0, 0.1) is 10.8 Å². The van der Waals surface area contributed by atoms with Gasteiger partial charge in [0.05, 0.1) is 24.0 Å². The summed E-state index contributed by atoms with van der Waals surface area (Å²) in [7, 11) is 0. The summed E-state index contributed by atoms with van der Waals surface area (Å²) in [5.41, 5.74) is 0.201. The number of ether oxygens (including phenoxy) is 6. The average Bonchev–Trinajstić information content (AvgIpc) is 3.13. The smallest absolute Gasteiger partial charge is 0.347 e. The fourth-order valence-corrected chi connectivity index (χ4v) is 4.27. The Morgan fingerprint density at radius 3 is 1.47 bits per heavy atom. The molecular weight excluding hydrogens is 684 g/mol. The molecule has 0 fully saturated rings. The molecule has 2 aromatic carbocycles. The first-order valence-electron chi connectivity index (χ1n) is 17.3. The molecule has 1 unspecified atom stereocenters. The van der Waals surface area contributed by atoms with Gasteiger partial charge in [-0.25, -0.2) is 19.2 Å². The summed E-state index contributed by atoms with van der Waals surface area (Å²) in [5, 5.41) is 0. The molecule has 0 saturated heterocycles. The molecule has 0 N–H and O–H groups in total. The van der Waals surface area contributed by atoms with Gasteiger partial charge < -0.3 is 28.4 Å². The molecule has 0 radical (unpaired) electrons. The zero-order valence-electron chi connectivity index (χ0n) is 32.6. The maximum absolute atomic E-state index is 12.8. The van der Waals surface area contributed by atoms with Crippen LogP contribution in [0.1, 0.15) is 86.3 Å². The minimum Gasteiger partial charge on any atom is -0.466 e. The van der Waals surface area contributed by atoms with Gasteiger partial charge in [-0.15, -0.1) is 0 Å². The summed E-state index contributed by atoms with van der Waals surface area (Å²) < 4.78 is 30.0. The molecule has 12 heteroatoms. The lowest BCUT2D eigenvalue weighted by Gasteiger charge is -2.34. The molecular formula is C41H56O12. The summed E-state index contributed by atoms with van der Waals surface area (Å²) >= 11 is 0. The number of benzene rings is 2. The van der Waals surface area contributed by atoms with Crippen LogP contribution in [-0.2, 0) is 70.4 Å². The number of carbonyl (C=O) groups excluding carboxylic acids is 6. The number of esters is 6. The van der Waals surface area contributed by atoms with Crippen molar-refractivity contribution in [3.05, 3.63) is 96.6 Å². The molecule has 292 valence electrons. The fourth-order valence-electron chi connectivity index (χ4n) is 4.27. The third-order valence-corrected chi connectivity index (χ3v) is 7.41. The van der Waals surface area contributed by atoms with E-state index >= 15 is 0 Å². The van der Waals surface area contributed by atoms with E-state index < -0.39 is 46.9 Å². The zero-order chi connectivity index (χ0) is 40.6. The highest BCUT2D eigenvalue weighted by molar-refractivity contribution is 5.89. The minimum absolute atomic E-state index is 0.114. The lowest BCUT2D eigenvalue weighted by Crippen LogP contribution is -2.40. The highest BCUT2D eigenvalue weighted by Crippen LogP contribution is 2.38. The Morgan fingerprint density at radius 1 is 0.679 bits per heavy atom. The Hall–Kier alpha value is -5.26. The van der Waals surface area contributed by atoms with Crippen molar-refractivity contribution < 1.29 is 57.2 Å². The van der Waals surface area contributed by atoms with E-state index in [1.54, 1.807) is 34.6 Å². The Morgan fingerprint density at radius 2 is 1.11 bits per heavy atom. The number of hydrogen-bond donors (Lipinski definition) is 0. The number of rotatable bonds is 17. The Labute approximate surface area is 313 Å². The van der Waals surface area contributed by atoms with Crippen LogP contribution in [0.2, 0.25) is 0 Å². The maximum atomic E-state index is 12.8. The second kappa shape index (κ2) is 24.8. The van der Waals surface area contributed by atoms with E-state index in [1.807, 2.05) is 67.6 Å². The van der Waals surface area contributed by atoms with Gasteiger partial charge in [0, 0.05) is 11.6 Å². The highest BCUT2D eigenvalue weighted by atomic mass is 16.6. The maximum Gasteiger partial charge on any atom is 0.347 e. The molecule has 0 bridgehead atoms. The normalized spacial score (nSPS) is 12.5. The van der Waals surface area contributed by atoms with E-state index in [0.717, 1.165) is 17.2 Å². The van der Waals surface area contributed by atoms with Crippen molar-refractivity contribution in [3.8, 4) is 0 Å². The molecule has 2 aromatic rings. The molecule has 0 amide bonds. The minimum atomic E-state index is -1.03. The van der Waals surface area contributed by atoms with Crippen molar-refractivity contribution in [1.82, 2.24) is 0 Å². The highest BCUT2D eigenvalue weighted by Gasteiger charge is 2.43. The SMILES string of the molecule is C=C(C)C(=O)O[C@@H](C)C(=O)OCc1ccccc1.C=CC(=O)OCC.CCOC(=O)C(C)(C)CC(C)(CC)C(=O)O[C@@H](C)C(=O)OCc1ccccc1. The van der Waals surface area contributed by atoms with Crippen LogP contribution in [0.25, 0.3) is 0 Å². The standard InChI is InChI=1S/C22H32O6.C14H16O4.C5H8O2/c1-7-22(6,15-21(4,5)19(24)26-8-2)20(25)28-16(3)18(23)27-14-17-12-10-9-11-13-17;1-10(2)13(15)18-11(3)14(16)17-9-12-7-5-4-6-8-12;1-3-5(6)7-4-2/h9-13,16H,7-8,14-15H2,1-6H3;4-8,11H,1,9H2,2-3H3;3H,1,4H2,2H3/t16-,22?;11-;/m00./s1. The predicted molar refractivity (Wildman–Crippen MR) is 199 cm³/mol. The lowest BCUT2D eigenvalue weighted by atomic mass is 9.72. The Balaban J connectivity index is 0.000000918. The largest absolute Gasteiger partial charge is 0.466 e. The second-order valence-electron chi connectivity index (χ2n) is 12.7. The number of hydrogen-bond acceptors (Lipinski definition) is 12. The molecule has 12 nitrogen and oxygen atoms in total. The molecule has 3 atom stereocenters. The van der Waals surface area contributed by atoms with Gasteiger partial charge in [-0.2, -0.15) is 0 Å². The van der Waals surface area contributed by atoms with Gasteiger partial charge in [-0.05, 0) is 79.4 Å². The topological polar surface area (TPSA) is 158 Å². The van der Waals surface area contributed by atoms with Gasteiger partial charge >= 0.3 is 35.8 Å². The molecule has 0 saturated carbocycles. The van der Waals surface area contributed by atoms with Crippen LogP contribution in [0.3, 0.4) is 0 Å². The van der Waals surface area contributed by atoms with Crippen LogP contribution in [0.15, 0.2) is 85.5 Å². The fraction of sp³-hybridized carbons (Fsp3) is 0.463. The van der Waals surface area contributed by atoms with Crippen LogP contribution in [0.4, 0.5) is 0 Å². The van der Waals surface area contributed by atoms with Crippen LogP contribution in [-0.4, -0.2) is 61.2 Å². The van der Waals surface area contributed by atoms with Crippen LogP contribution >= 0.6 is 0 Å². The van der Waals surface area contributed by atoms with E-state index in [0.29, 0.717) is 13.0 Å². The first kappa shape index (κ1) is 47.7. The monoisotopic (exact) mass is 740 g/mol. The van der Waals surface area contributed by atoms with E-state index in [-0.39, 0.29) is 43.8 Å². The van der Waals surface area contributed by atoms with Crippen LogP contribution in [0.5, 0.6) is 0 Å². The predicted octanol–water partition coefficient (Wildman–Crippen LogP) is 7.03. The van der Waals surface area contributed by atoms with Crippen molar-refractivity contribution in [2.75, 3.05) is 13.2 Å². The lowest BCUT2D eigenvalue weighted by molar-refractivity contribution is -0.176. The summed E-state index contributed by atoms with van der Waals surface area (Å²) in [6.45, 7) is 22.6. The quantitative estimate of drug-likeness (QED) is 0.0928. The van der Waals surface area contributed by atoms with E-state index in [2.05, 4.69) is 17.9 Å². The van der Waals surface area contributed by atoms with Gasteiger partial charge in [-0.1, -0.05) is 80.7 Å². The van der Waals surface area contributed by atoms with E-state index in [9.17, 15) is 28.8 Å². The summed E-state index contributed by atoms with van der Waals surface area (Å²) in [6.07, 6.45) is -0.116. The molecule has 0 spiro atoms. The van der Waals surface area contributed by atoms with E-state index in [4.69, 9.17) is 23.7 Å². The first-order valence-corrected chi connectivity index (χ1v) is 17.3. The Bertz CT molecular complexity index is 1480. The van der Waals surface area contributed by atoms with Crippen molar-refractivity contribution in [2.45, 2.75) is 101 Å². The van der Waals surface area contributed by atoms with Crippen molar-refractivity contribution >= 4 is 35.8 Å². The molecule has 53 heavy (non-hydrogen) atoms. The van der Waals surface area contributed by atoms with Gasteiger partial charge in [-0.3, -0.25) is 9.59 Å². The third-order valence-electron chi connectivity index (χ3n) is 7.41. The Kier molecular flexibility index (Phi) is 22.4. The molecule has 0 aliphatic rings. The summed E-state index contributed by atoms with van der Waals surface area (Å²) in [5.74, 6) is -3.04. The van der Waals surface area contributed by atoms with Crippen molar-refractivity contribution in [2.24, 2.45) is 10.8 Å². The third kappa shape index (κ3) is 19.2. The molecule has 2 rings (SSSR count). The summed E-state index contributed by atoms with van der Waals surface area (Å²) in [4.78, 5) is 69.9. The average molecular weight is 741 g/mol. The van der Waals surface area contributed by atoms with E-state index in [1.165, 1.54) is 20.8 Å². The van der Waals surface area contributed by atoms with Crippen molar-refractivity contribution in [1.29, 1.82) is 0 Å². The van der Waals surface area contributed by atoms with Gasteiger partial charge in [0.25, 0.3) is 0 Å². The molecule has 0 aliphatic carbocycles. The molecule has 0 heterocycles. The first-order chi connectivity index (χ1) is 24.9. The van der Waals surface area contributed by atoms with Crippen LogP contribution < -0.4 is 0 Å². The number of carbonyl (C=O) groups is 6. The van der Waals surface area contributed by atoms with Gasteiger partial charge in [0.1, 0.15) is 13.2 Å². The molecule has 0 aliphatic heterocycles. The summed E-state index contributed by atoms with van der Waals surface area (Å²) in [6, 6.07) is 18.5. The van der Waals surface area contributed by atoms with Gasteiger partial charge in [0.2, 0.25) is 0 Å². The van der Waals surface area contributed by atoms with Gasteiger partial charge in [0.15, 0.2) is 12.2 Å². The zero-order valence-corrected chi connectivity index (χ0v) is 32.6. The van der Waals surface area contributed by atoms with Crippen molar-refractivity contribution in [3.63, 3.8) is 0 Å².